The number of hydrogen-bond acceptors (Lipinski definition) is 3. The second-order valence-electron chi connectivity index (χ2n) is 4.30. The second-order valence-corrected chi connectivity index (χ2v) is 4.30. The minimum atomic E-state index is -0.399. The van der Waals surface area contributed by atoms with E-state index in [1.165, 1.54) is 4.90 Å². The normalized spacial score (nSPS) is 15.2. The first kappa shape index (κ1) is 11.7. The maximum Gasteiger partial charge on any atom is 0.410 e. The summed E-state index contributed by atoms with van der Waals surface area (Å²) >= 11 is 0. The third-order valence-electron chi connectivity index (χ3n) is 3.26. The molecule has 0 aliphatic carbocycles. The van der Waals surface area contributed by atoms with E-state index < -0.39 is 6.09 Å². The Hall–Kier alpha value is -1.78. The van der Waals surface area contributed by atoms with Gasteiger partial charge in [0.2, 0.25) is 0 Å². The summed E-state index contributed by atoms with van der Waals surface area (Å²) in [6, 6.07) is 1.86. The van der Waals surface area contributed by atoms with Crippen molar-refractivity contribution in [2.45, 2.75) is 13.8 Å². The first-order valence-electron chi connectivity index (χ1n) is 5.58. The van der Waals surface area contributed by atoms with Crippen molar-refractivity contribution < 1.29 is 14.3 Å². The van der Waals surface area contributed by atoms with Crippen LogP contribution in [0.1, 0.15) is 21.7 Å². The molecule has 1 fully saturated rings. The lowest BCUT2D eigenvalue weighted by Crippen LogP contribution is -2.30. The predicted molar refractivity (Wildman–Crippen MR) is 62.1 cm³/mol. The van der Waals surface area contributed by atoms with Gasteiger partial charge in [-0.05, 0) is 19.9 Å². The van der Waals surface area contributed by atoms with E-state index in [4.69, 9.17) is 4.74 Å². The van der Waals surface area contributed by atoms with E-state index in [1.54, 1.807) is 0 Å². The molecule has 0 bridgehead atoms. The topological polar surface area (TPSA) is 51.5 Å². The zero-order valence-corrected chi connectivity index (χ0v) is 10.3. The van der Waals surface area contributed by atoms with Gasteiger partial charge in [-0.15, -0.1) is 0 Å². The molecule has 0 aromatic carbocycles. The summed E-state index contributed by atoms with van der Waals surface area (Å²) in [6.45, 7) is 4.83. The summed E-state index contributed by atoms with van der Waals surface area (Å²) in [5, 5.41) is 0. The van der Waals surface area contributed by atoms with Gasteiger partial charge in [0.15, 0.2) is 5.78 Å². The standard InChI is InChI=1S/C12H16N2O3/c1-8-6-10(9(2)13(8)3)11(15)7-14-4-5-17-12(14)16/h6H,4-5,7H2,1-3H3. The molecule has 0 spiro atoms. The van der Waals surface area contributed by atoms with Crippen molar-refractivity contribution in [1.29, 1.82) is 0 Å². The molecule has 1 aromatic heterocycles. The minimum absolute atomic E-state index is 0.0370. The zero-order chi connectivity index (χ0) is 12.6. The third-order valence-corrected chi connectivity index (χ3v) is 3.26. The molecule has 2 rings (SSSR count). The number of hydrogen-bond donors (Lipinski definition) is 0. The fourth-order valence-electron chi connectivity index (χ4n) is 1.97. The lowest BCUT2D eigenvalue weighted by Gasteiger charge is -2.11. The molecule has 5 nitrogen and oxygen atoms in total. The number of aryl methyl sites for hydroxylation is 1. The van der Waals surface area contributed by atoms with Crippen LogP contribution < -0.4 is 0 Å². The Labute approximate surface area is 100.0 Å². The van der Waals surface area contributed by atoms with Crippen LogP contribution in [0.15, 0.2) is 6.07 Å². The van der Waals surface area contributed by atoms with Crippen LogP contribution in [0, 0.1) is 13.8 Å². The van der Waals surface area contributed by atoms with E-state index >= 15 is 0 Å². The molecule has 92 valence electrons. The smallest absolute Gasteiger partial charge is 0.410 e. The van der Waals surface area contributed by atoms with Gasteiger partial charge in [0.05, 0.1) is 13.1 Å². The van der Waals surface area contributed by atoms with Crippen molar-refractivity contribution in [3.8, 4) is 0 Å². The number of aromatic nitrogens is 1. The monoisotopic (exact) mass is 236 g/mol. The molecule has 1 saturated heterocycles. The van der Waals surface area contributed by atoms with E-state index in [-0.39, 0.29) is 12.3 Å². The molecule has 1 aliphatic rings. The number of nitrogens with zero attached hydrogens (tertiary/aromatic N) is 2. The van der Waals surface area contributed by atoms with Crippen LogP contribution in [0.3, 0.4) is 0 Å². The largest absolute Gasteiger partial charge is 0.448 e. The van der Waals surface area contributed by atoms with Gasteiger partial charge < -0.3 is 9.30 Å². The van der Waals surface area contributed by atoms with E-state index in [1.807, 2.05) is 31.5 Å². The van der Waals surface area contributed by atoms with Crippen LogP contribution in [-0.2, 0) is 11.8 Å². The van der Waals surface area contributed by atoms with Gasteiger partial charge in [0.1, 0.15) is 6.61 Å². The summed E-state index contributed by atoms with van der Waals surface area (Å²) < 4.78 is 6.76. The molecular formula is C12H16N2O3. The highest BCUT2D eigenvalue weighted by Gasteiger charge is 2.25. The van der Waals surface area contributed by atoms with Crippen molar-refractivity contribution in [3.05, 3.63) is 23.0 Å². The number of Topliss-reactive ketones (excluding diaryl/α,β-unsaturated/α-hetero) is 1. The van der Waals surface area contributed by atoms with Crippen molar-refractivity contribution >= 4 is 11.9 Å². The van der Waals surface area contributed by atoms with Crippen LogP contribution in [-0.4, -0.2) is 41.0 Å². The highest BCUT2D eigenvalue weighted by atomic mass is 16.6. The molecule has 0 unspecified atom stereocenters. The lowest BCUT2D eigenvalue weighted by atomic mass is 10.1. The molecule has 1 aromatic rings. The van der Waals surface area contributed by atoms with E-state index in [2.05, 4.69) is 0 Å². The Kier molecular flexibility index (Phi) is 2.92. The summed E-state index contributed by atoms with van der Waals surface area (Å²) in [4.78, 5) is 24.7. The number of cyclic esters (lactones) is 1. The highest BCUT2D eigenvalue weighted by molar-refractivity contribution is 6.00. The molecule has 1 aliphatic heterocycles. The van der Waals surface area contributed by atoms with Crippen molar-refractivity contribution in [2.75, 3.05) is 19.7 Å². The fourth-order valence-corrected chi connectivity index (χ4v) is 1.97. The number of ketones is 1. The van der Waals surface area contributed by atoms with Crippen LogP contribution in [0.5, 0.6) is 0 Å². The van der Waals surface area contributed by atoms with Gasteiger partial charge in [0.25, 0.3) is 0 Å². The summed E-state index contributed by atoms with van der Waals surface area (Å²) in [5.41, 5.74) is 2.65. The molecule has 0 saturated carbocycles. The van der Waals surface area contributed by atoms with E-state index in [9.17, 15) is 9.59 Å². The first-order chi connectivity index (χ1) is 8.00. The fraction of sp³-hybridized carbons (Fsp3) is 0.500. The van der Waals surface area contributed by atoms with E-state index in [0.717, 1.165) is 11.4 Å². The Morgan fingerprint density at radius 3 is 2.65 bits per heavy atom. The van der Waals surface area contributed by atoms with Crippen molar-refractivity contribution in [2.24, 2.45) is 7.05 Å². The molecule has 2 heterocycles. The van der Waals surface area contributed by atoms with Crippen LogP contribution in [0.4, 0.5) is 4.79 Å². The number of carbonyl (C=O) groups excluding carboxylic acids is 2. The average molecular weight is 236 g/mol. The summed E-state index contributed by atoms with van der Waals surface area (Å²) in [5.74, 6) is -0.0370. The zero-order valence-electron chi connectivity index (χ0n) is 10.3. The number of carbonyl (C=O) groups is 2. The quantitative estimate of drug-likeness (QED) is 0.743. The van der Waals surface area contributed by atoms with Gasteiger partial charge in [0, 0.05) is 24.0 Å². The first-order valence-corrected chi connectivity index (χ1v) is 5.58. The number of ether oxygens (including phenoxy) is 1. The SMILES string of the molecule is Cc1cc(C(=O)CN2CCOC2=O)c(C)n1C. The predicted octanol–water partition coefficient (Wildman–Crippen LogP) is 1.28. The third kappa shape index (κ3) is 2.05. The number of rotatable bonds is 3. The molecule has 1 amide bonds. The van der Waals surface area contributed by atoms with Crippen molar-refractivity contribution in [3.63, 3.8) is 0 Å². The Balaban J connectivity index is 2.14. The van der Waals surface area contributed by atoms with Gasteiger partial charge in [-0.1, -0.05) is 0 Å². The summed E-state index contributed by atoms with van der Waals surface area (Å²) in [7, 11) is 1.92. The van der Waals surface area contributed by atoms with Gasteiger partial charge in [-0.25, -0.2) is 4.79 Å². The Morgan fingerprint density at radius 1 is 1.47 bits per heavy atom. The molecule has 0 radical (unpaired) electrons. The van der Waals surface area contributed by atoms with Crippen LogP contribution >= 0.6 is 0 Å². The molecule has 0 atom stereocenters. The Morgan fingerprint density at radius 2 is 2.18 bits per heavy atom. The maximum absolute atomic E-state index is 12.1. The molecular weight excluding hydrogens is 220 g/mol. The minimum Gasteiger partial charge on any atom is -0.448 e. The van der Waals surface area contributed by atoms with E-state index in [0.29, 0.717) is 18.7 Å². The van der Waals surface area contributed by atoms with Crippen LogP contribution in [0.25, 0.3) is 0 Å². The lowest BCUT2D eigenvalue weighted by molar-refractivity contribution is 0.0943. The van der Waals surface area contributed by atoms with Gasteiger partial charge in [-0.3, -0.25) is 9.69 Å². The molecule has 17 heavy (non-hydrogen) atoms. The maximum atomic E-state index is 12.1. The molecule has 0 N–H and O–H groups in total. The molecule has 5 heteroatoms. The van der Waals surface area contributed by atoms with Gasteiger partial charge in [-0.2, -0.15) is 0 Å². The van der Waals surface area contributed by atoms with Gasteiger partial charge >= 0.3 is 6.09 Å². The number of amides is 1. The van der Waals surface area contributed by atoms with Crippen molar-refractivity contribution in [1.82, 2.24) is 9.47 Å². The Bertz CT molecular complexity index is 476. The van der Waals surface area contributed by atoms with Crippen LogP contribution in [0.2, 0.25) is 0 Å². The summed E-state index contributed by atoms with van der Waals surface area (Å²) in [6.07, 6.45) is -0.399. The second kappa shape index (κ2) is 4.24. The average Bonchev–Trinajstić information content (AvgIpc) is 2.79. The highest BCUT2D eigenvalue weighted by Crippen LogP contribution is 2.15.